The monoisotopic (exact) mass is 371 g/mol. The van der Waals surface area contributed by atoms with Gasteiger partial charge in [0.05, 0.1) is 12.8 Å². The highest BCUT2D eigenvalue weighted by molar-refractivity contribution is 5.98. The molecule has 2 aromatic rings. The van der Waals surface area contributed by atoms with Gasteiger partial charge in [-0.1, -0.05) is 6.08 Å². The number of rotatable bonds is 4. The van der Waals surface area contributed by atoms with E-state index in [0.717, 1.165) is 11.3 Å². The van der Waals surface area contributed by atoms with Crippen molar-refractivity contribution in [3.05, 3.63) is 59.3 Å². The summed E-state index contributed by atoms with van der Waals surface area (Å²) in [6, 6.07) is 2.66. The number of methoxy groups -OCH3 is 1. The number of halogens is 2. The second kappa shape index (κ2) is 8.03. The molecule has 3 rings (SSSR count). The Morgan fingerprint density at radius 1 is 1.37 bits per heavy atom. The van der Waals surface area contributed by atoms with Crippen LogP contribution in [0.2, 0.25) is 0 Å². The zero-order valence-corrected chi connectivity index (χ0v) is 15.1. The summed E-state index contributed by atoms with van der Waals surface area (Å²) >= 11 is 0. The smallest absolute Gasteiger partial charge is 0.200 e. The third kappa shape index (κ3) is 3.84. The van der Waals surface area contributed by atoms with E-state index in [-0.39, 0.29) is 5.75 Å². The van der Waals surface area contributed by atoms with Crippen LogP contribution in [0.25, 0.3) is 0 Å². The van der Waals surface area contributed by atoms with Crippen LogP contribution < -0.4 is 9.64 Å². The van der Waals surface area contributed by atoms with E-state index in [1.165, 1.54) is 19.2 Å². The summed E-state index contributed by atoms with van der Waals surface area (Å²) in [4.78, 5) is 18.8. The van der Waals surface area contributed by atoms with Gasteiger partial charge in [-0.2, -0.15) is 4.39 Å². The molecule has 0 bridgehead atoms. The summed E-state index contributed by atoms with van der Waals surface area (Å²) in [6.45, 7) is 6.43. The number of hydrogen-bond acceptors (Lipinski definition) is 5. The molecule has 0 unspecified atom stereocenters. The third-order valence-corrected chi connectivity index (χ3v) is 4.19. The Morgan fingerprint density at radius 2 is 2.19 bits per heavy atom. The number of fused-ring (bicyclic) bond motifs is 1. The van der Waals surface area contributed by atoms with E-state index < -0.39 is 11.6 Å². The Hall–Kier alpha value is -3.16. The van der Waals surface area contributed by atoms with Crippen LogP contribution in [0, 0.1) is 11.6 Å². The lowest BCUT2D eigenvalue weighted by atomic mass is 10.1. The molecule has 2 heterocycles. The second-order valence-corrected chi connectivity index (χ2v) is 5.87. The first-order valence-electron chi connectivity index (χ1n) is 8.36. The first-order chi connectivity index (χ1) is 13.1. The maximum atomic E-state index is 13.8. The molecule has 1 aromatic heterocycles. The van der Waals surface area contributed by atoms with E-state index in [9.17, 15) is 8.78 Å². The standard InChI is InChI=1S/C19H19F2N5O/c1-4-6-23-18(22-2)19-24-10-12-11-26(7-5-15(12)25-19)13-8-14(20)17(21)16(9-13)27-3/h4,6,8-10H,2,5,7,11H2,1,3H3/b6-4-,23-18-. The number of benzene rings is 1. The largest absolute Gasteiger partial charge is 0.493 e. The van der Waals surface area contributed by atoms with E-state index in [0.29, 0.717) is 36.9 Å². The molecule has 1 aliphatic heterocycles. The van der Waals surface area contributed by atoms with Crippen LogP contribution in [0.15, 0.2) is 40.6 Å². The molecule has 0 radical (unpaired) electrons. The summed E-state index contributed by atoms with van der Waals surface area (Å²) in [5.74, 6) is -1.29. The van der Waals surface area contributed by atoms with Crippen LogP contribution in [-0.2, 0) is 13.0 Å². The van der Waals surface area contributed by atoms with Crippen molar-refractivity contribution in [1.29, 1.82) is 0 Å². The van der Waals surface area contributed by atoms with Gasteiger partial charge in [-0.25, -0.2) is 24.3 Å². The zero-order valence-electron chi connectivity index (χ0n) is 15.1. The summed E-state index contributed by atoms with van der Waals surface area (Å²) in [5, 5.41) is 0. The van der Waals surface area contributed by atoms with E-state index >= 15 is 0 Å². The fourth-order valence-corrected chi connectivity index (χ4v) is 2.84. The van der Waals surface area contributed by atoms with Crippen molar-refractivity contribution in [2.45, 2.75) is 19.9 Å². The molecular weight excluding hydrogens is 352 g/mol. The quantitative estimate of drug-likeness (QED) is 0.611. The highest BCUT2D eigenvalue weighted by Gasteiger charge is 2.22. The van der Waals surface area contributed by atoms with E-state index in [1.54, 1.807) is 18.5 Å². The van der Waals surface area contributed by atoms with Crippen molar-refractivity contribution in [3.8, 4) is 5.75 Å². The summed E-state index contributed by atoms with van der Waals surface area (Å²) in [7, 11) is 1.31. The van der Waals surface area contributed by atoms with Gasteiger partial charge in [0, 0.05) is 55.3 Å². The Kier molecular flexibility index (Phi) is 5.54. The molecule has 0 N–H and O–H groups in total. The number of anilines is 1. The third-order valence-electron chi connectivity index (χ3n) is 4.19. The molecule has 0 saturated heterocycles. The number of aromatic nitrogens is 2. The fraction of sp³-hybridized carbons (Fsp3) is 0.263. The van der Waals surface area contributed by atoms with E-state index in [2.05, 4.69) is 26.7 Å². The van der Waals surface area contributed by atoms with Gasteiger partial charge in [0.2, 0.25) is 5.82 Å². The fourth-order valence-electron chi connectivity index (χ4n) is 2.84. The Bertz CT molecular complexity index is 927. The van der Waals surface area contributed by atoms with Gasteiger partial charge in [0.1, 0.15) is 0 Å². The van der Waals surface area contributed by atoms with Crippen LogP contribution in [0.3, 0.4) is 0 Å². The topological polar surface area (TPSA) is 63.0 Å². The van der Waals surface area contributed by atoms with Crippen LogP contribution in [-0.4, -0.2) is 36.2 Å². The number of hydrogen-bond donors (Lipinski definition) is 0. The minimum absolute atomic E-state index is 0.121. The molecule has 6 nitrogen and oxygen atoms in total. The molecule has 0 amide bonds. The van der Waals surface area contributed by atoms with Gasteiger partial charge in [-0.05, 0) is 13.6 Å². The Labute approximate surface area is 156 Å². The number of nitrogens with zero attached hydrogens (tertiary/aromatic N) is 5. The SMILES string of the molecule is C=N/C(=N\C=C/C)c1ncc2c(n1)CCN(c1cc(F)c(F)c(OC)c1)C2. The highest BCUT2D eigenvalue weighted by atomic mass is 19.2. The predicted octanol–water partition coefficient (Wildman–Crippen LogP) is 3.31. The summed E-state index contributed by atoms with van der Waals surface area (Å²) in [6.07, 6.45) is 5.71. The molecule has 1 aromatic carbocycles. The molecule has 0 saturated carbocycles. The van der Waals surface area contributed by atoms with Crippen molar-refractivity contribution >= 4 is 18.2 Å². The maximum absolute atomic E-state index is 13.8. The summed E-state index contributed by atoms with van der Waals surface area (Å²) in [5.41, 5.74) is 2.33. The van der Waals surface area contributed by atoms with Crippen molar-refractivity contribution < 1.29 is 13.5 Å². The second-order valence-electron chi connectivity index (χ2n) is 5.87. The number of ether oxygens (including phenoxy) is 1. The van der Waals surface area contributed by atoms with Gasteiger partial charge < -0.3 is 9.64 Å². The minimum atomic E-state index is -0.989. The molecule has 140 valence electrons. The normalized spacial score (nSPS) is 14.4. The Morgan fingerprint density at radius 3 is 2.89 bits per heavy atom. The summed E-state index contributed by atoms with van der Waals surface area (Å²) < 4.78 is 32.4. The van der Waals surface area contributed by atoms with Crippen LogP contribution in [0.1, 0.15) is 24.0 Å². The average molecular weight is 371 g/mol. The lowest BCUT2D eigenvalue weighted by molar-refractivity contribution is 0.372. The van der Waals surface area contributed by atoms with Crippen LogP contribution >= 0.6 is 0 Å². The molecule has 1 aliphatic rings. The Balaban J connectivity index is 1.88. The molecule has 27 heavy (non-hydrogen) atoms. The van der Waals surface area contributed by atoms with Gasteiger partial charge in [0.25, 0.3) is 0 Å². The van der Waals surface area contributed by atoms with Crippen molar-refractivity contribution in [2.75, 3.05) is 18.6 Å². The van der Waals surface area contributed by atoms with Gasteiger partial charge in [0.15, 0.2) is 23.2 Å². The lowest BCUT2D eigenvalue weighted by Crippen LogP contribution is -2.31. The van der Waals surface area contributed by atoms with Crippen LogP contribution in [0.4, 0.5) is 14.5 Å². The number of amidine groups is 1. The predicted molar refractivity (Wildman–Crippen MR) is 101 cm³/mol. The molecule has 0 aliphatic carbocycles. The minimum Gasteiger partial charge on any atom is -0.493 e. The van der Waals surface area contributed by atoms with E-state index in [4.69, 9.17) is 4.74 Å². The molecule has 0 atom stereocenters. The maximum Gasteiger partial charge on any atom is 0.200 e. The number of aliphatic imine (C=N–C) groups is 2. The molecular formula is C19H19F2N5O. The average Bonchev–Trinajstić information content (AvgIpc) is 2.70. The van der Waals surface area contributed by atoms with Crippen molar-refractivity contribution in [1.82, 2.24) is 9.97 Å². The lowest BCUT2D eigenvalue weighted by Gasteiger charge is -2.30. The van der Waals surface area contributed by atoms with Gasteiger partial charge in [-0.15, -0.1) is 0 Å². The molecule has 0 fully saturated rings. The van der Waals surface area contributed by atoms with Gasteiger partial charge >= 0.3 is 0 Å². The van der Waals surface area contributed by atoms with Crippen molar-refractivity contribution in [3.63, 3.8) is 0 Å². The molecule has 8 heteroatoms. The van der Waals surface area contributed by atoms with Gasteiger partial charge in [-0.3, -0.25) is 0 Å². The molecule has 0 spiro atoms. The number of allylic oxidation sites excluding steroid dienone is 1. The van der Waals surface area contributed by atoms with Crippen molar-refractivity contribution in [2.24, 2.45) is 9.98 Å². The van der Waals surface area contributed by atoms with Crippen LogP contribution in [0.5, 0.6) is 5.75 Å². The van der Waals surface area contributed by atoms with E-state index in [1.807, 2.05) is 11.8 Å². The first-order valence-corrected chi connectivity index (χ1v) is 8.36. The highest BCUT2D eigenvalue weighted by Crippen LogP contribution is 2.30. The first kappa shape index (κ1) is 18.6. The zero-order chi connectivity index (χ0) is 19.4.